The average molecular weight is 346 g/mol. The van der Waals surface area contributed by atoms with Gasteiger partial charge in [-0.2, -0.15) is 0 Å². The molecule has 4 nitrogen and oxygen atoms in total. The summed E-state index contributed by atoms with van der Waals surface area (Å²) in [5, 5.41) is 1.69. The van der Waals surface area contributed by atoms with Crippen molar-refractivity contribution in [3.63, 3.8) is 0 Å². The van der Waals surface area contributed by atoms with Crippen LogP contribution in [0.2, 0.25) is 5.02 Å². The van der Waals surface area contributed by atoms with Crippen LogP contribution in [0.3, 0.4) is 0 Å². The van der Waals surface area contributed by atoms with Crippen LogP contribution in [0.1, 0.15) is 31.1 Å². The molecule has 112 valence electrons. The average Bonchev–Trinajstić information content (AvgIpc) is 2.18. The Labute approximate surface area is 124 Å². The molecule has 0 saturated carbocycles. The number of hydrogen-bond donors (Lipinski definition) is 1. The predicted octanol–water partition coefficient (Wildman–Crippen LogP) is 3.07. The van der Waals surface area contributed by atoms with Gasteiger partial charge in [-0.05, 0) is 26.8 Å². The molecule has 1 amide bonds. The molecule has 9 heteroatoms. The highest BCUT2D eigenvalue weighted by atomic mass is 35.7. The molecule has 0 aliphatic heterocycles. The number of rotatable bonds is 2. The second-order valence-corrected chi connectivity index (χ2v) is 7.89. The van der Waals surface area contributed by atoms with Crippen LogP contribution in [0.5, 0.6) is 0 Å². The molecule has 0 aliphatic carbocycles. The van der Waals surface area contributed by atoms with E-state index in [0.717, 1.165) is 0 Å². The first-order valence-electron chi connectivity index (χ1n) is 5.29. The lowest BCUT2D eigenvalue weighted by Crippen LogP contribution is -2.40. The van der Waals surface area contributed by atoms with Crippen molar-refractivity contribution in [2.45, 2.75) is 31.2 Å². The highest BCUT2D eigenvalue weighted by Crippen LogP contribution is 2.32. The fourth-order valence-electron chi connectivity index (χ4n) is 1.37. The van der Waals surface area contributed by atoms with Crippen LogP contribution in [-0.2, 0) is 9.05 Å². The fraction of sp³-hybridized carbons (Fsp3) is 0.364. The van der Waals surface area contributed by atoms with Crippen LogP contribution in [0.4, 0.5) is 8.78 Å². The van der Waals surface area contributed by atoms with Crippen molar-refractivity contribution >= 4 is 37.2 Å². The Balaban J connectivity index is 3.53. The Morgan fingerprint density at radius 1 is 1.30 bits per heavy atom. The van der Waals surface area contributed by atoms with Gasteiger partial charge in [-0.25, -0.2) is 17.2 Å². The predicted molar refractivity (Wildman–Crippen MR) is 71.6 cm³/mol. The summed E-state index contributed by atoms with van der Waals surface area (Å²) >= 11 is 5.66. The third-order valence-electron chi connectivity index (χ3n) is 2.09. The highest BCUT2D eigenvalue weighted by Gasteiger charge is 2.29. The van der Waals surface area contributed by atoms with Gasteiger partial charge in [0.05, 0.1) is 10.6 Å². The van der Waals surface area contributed by atoms with Crippen molar-refractivity contribution in [2.75, 3.05) is 0 Å². The number of carbonyl (C=O) groups is 1. The van der Waals surface area contributed by atoms with E-state index < -0.39 is 47.6 Å². The minimum atomic E-state index is -4.64. The zero-order valence-corrected chi connectivity index (χ0v) is 13.1. The summed E-state index contributed by atoms with van der Waals surface area (Å²) in [6.07, 6.45) is 0. The summed E-state index contributed by atoms with van der Waals surface area (Å²) in [7, 11) is 0.359. The Kier molecular flexibility index (Phi) is 4.68. The van der Waals surface area contributed by atoms with E-state index in [1.165, 1.54) is 0 Å². The molecule has 0 spiro atoms. The first-order valence-corrected chi connectivity index (χ1v) is 7.98. The summed E-state index contributed by atoms with van der Waals surface area (Å²) < 4.78 is 49.4. The van der Waals surface area contributed by atoms with Crippen LogP contribution < -0.4 is 5.32 Å². The summed E-state index contributed by atoms with van der Waals surface area (Å²) in [5.74, 6) is -4.10. The van der Waals surface area contributed by atoms with Gasteiger partial charge in [-0.1, -0.05) is 11.6 Å². The number of hydrogen-bond acceptors (Lipinski definition) is 3. The molecule has 0 atom stereocenters. The number of halogens is 4. The SMILES string of the molecule is CC(C)(C)NC(=O)c1cc(F)c(F)c(S(=O)(=O)Cl)c1Cl. The van der Waals surface area contributed by atoms with E-state index in [1.54, 1.807) is 20.8 Å². The lowest BCUT2D eigenvalue weighted by molar-refractivity contribution is 0.0919. The molecular formula is C11H11Cl2F2NO3S. The number of carbonyl (C=O) groups excluding carboxylic acids is 1. The van der Waals surface area contributed by atoms with Gasteiger partial charge in [-0.15, -0.1) is 0 Å². The van der Waals surface area contributed by atoms with Gasteiger partial charge in [-0.3, -0.25) is 4.79 Å². The van der Waals surface area contributed by atoms with Gasteiger partial charge in [0.2, 0.25) is 0 Å². The largest absolute Gasteiger partial charge is 0.347 e. The van der Waals surface area contributed by atoms with E-state index in [9.17, 15) is 22.0 Å². The quantitative estimate of drug-likeness (QED) is 0.661. The first-order chi connectivity index (χ1) is 8.84. The summed E-state index contributed by atoms with van der Waals surface area (Å²) in [4.78, 5) is 10.7. The van der Waals surface area contributed by atoms with Gasteiger partial charge < -0.3 is 5.32 Å². The Hall–Kier alpha value is -0.920. The van der Waals surface area contributed by atoms with Crippen molar-refractivity contribution in [2.24, 2.45) is 0 Å². The van der Waals surface area contributed by atoms with E-state index in [1.807, 2.05) is 0 Å². The van der Waals surface area contributed by atoms with E-state index in [-0.39, 0.29) is 0 Å². The molecule has 0 bridgehead atoms. The van der Waals surface area contributed by atoms with Crippen LogP contribution in [0.15, 0.2) is 11.0 Å². The van der Waals surface area contributed by atoms with Crippen molar-refractivity contribution in [3.8, 4) is 0 Å². The molecule has 0 saturated heterocycles. The summed E-state index contributed by atoms with van der Waals surface area (Å²) in [6, 6.07) is 0.518. The van der Waals surface area contributed by atoms with E-state index in [4.69, 9.17) is 22.3 Å². The minimum absolute atomic E-state index is 0.514. The number of nitrogens with one attached hydrogen (secondary N) is 1. The molecule has 0 fully saturated rings. The molecule has 0 radical (unpaired) electrons. The maximum atomic E-state index is 13.5. The molecule has 0 unspecified atom stereocenters. The zero-order chi connectivity index (χ0) is 15.9. The Morgan fingerprint density at radius 2 is 1.80 bits per heavy atom. The molecule has 1 N–H and O–H groups in total. The van der Waals surface area contributed by atoms with E-state index >= 15 is 0 Å². The molecule has 1 rings (SSSR count). The molecule has 1 aromatic carbocycles. The van der Waals surface area contributed by atoms with Crippen LogP contribution in [-0.4, -0.2) is 19.9 Å². The van der Waals surface area contributed by atoms with E-state index in [2.05, 4.69) is 5.32 Å². The van der Waals surface area contributed by atoms with Crippen LogP contribution >= 0.6 is 22.3 Å². The standard InChI is InChI=1S/C11H11Cl2F2NO3S/c1-11(2,3)16-10(17)5-4-6(14)8(15)9(7(5)12)20(13,18)19/h4H,1-3H3,(H,16,17). The normalized spacial score (nSPS) is 12.3. The summed E-state index contributed by atoms with van der Waals surface area (Å²) in [6.45, 7) is 4.95. The Morgan fingerprint density at radius 3 is 2.20 bits per heavy atom. The minimum Gasteiger partial charge on any atom is -0.347 e. The van der Waals surface area contributed by atoms with Crippen molar-refractivity contribution in [1.29, 1.82) is 0 Å². The van der Waals surface area contributed by atoms with Crippen LogP contribution in [0.25, 0.3) is 0 Å². The lowest BCUT2D eigenvalue weighted by atomic mass is 10.1. The summed E-state index contributed by atoms with van der Waals surface area (Å²) in [5.41, 5.74) is -1.19. The van der Waals surface area contributed by atoms with Crippen molar-refractivity contribution in [3.05, 3.63) is 28.3 Å². The van der Waals surface area contributed by atoms with Gasteiger partial charge >= 0.3 is 0 Å². The van der Waals surface area contributed by atoms with Gasteiger partial charge in [0.1, 0.15) is 4.90 Å². The topological polar surface area (TPSA) is 63.2 Å². The number of amides is 1. The highest BCUT2D eigenvalue weighted by molar-refractivity contribution is 8.13. The zero-order valence-electron chi connectivity index (χ0n) is 10.7. The molecule has 20 heavy (non-hydrogen) atoms. The Bertz CT molecular complexity index is 669. The molecule has 0 aromatic heterocycles. The van der Waals surface area contributed by atoms with Crippen molar-refractivity contribution in [1.82, 2.24) is 5.32 Å². The third kappa shape index (κ3) is 3.80. The van der Waals surface area contributed by atoms with Gasteiger partial charge in [0, 0.05) is 16.2 Å². The molecule has 1 aromatic rings. The van der Waals surface area contributed by atoms with Crippen LogP contribution in [0, 0.1) is 11.6 Å². The second kappa shape index (κ2) is 5.46. The maximum absolute atomic E-state index is 13.5. The maximum Gasteiger partial charge on any atom is 0.265 e. The lowest BCUT2D eigenvalue weighted by Gasteiger charge is -2.21. The molecule has 0 heterocycles. The monoisotopic (exact) mass is 345 g/mol. The number of benzene rings is 1. The van der Waals surface area contributed by atoms with Gasteiger partial charge in [0.15, 0.2) is 11.6 Å². The molecule has 0 aliphatic rings. The third-order valence-corrected chi connectivity index (χ3v) is 3.93. The van der Waals surface area contributed by atoms with Gasteiger partial charge in [0.25, 0.3) is 15.0 Å². The van der Waals surface area contributed by atoms with E-state index in [0.29, 0.717) is 6.07 Å². The fourth-order valence-corrected chi connectivity index (χ4v) is 3.08. The second-order valence-electron chi connectivity index (χ2n) is 5.01. The first kappa shape index (κ1) is 17.1. The van der Waals surface area contributed by atoms with Crippen molar-refractivity contribution < 1.29 is 22.0 Å². The smallest absolute Gasteiger partial charge is 0.265 e. The molecular weight excluding hydrogens is 335 g/mol.